The Labute approximate surface area is 166 Å². The second-order valence-corrected chi connectivity index (χ2v) is 6.84. The summed E-state index contributed by atoms with van der Waals surface area (Å²) in [5.74, 6) is 1.09. The summed E-state index contributed by atoms with van der Waals surface area (Å²) in [6.07, 6.45) is 3.50. The summed E-state index contributed by atoms with van der Waals surface area (Å²) in [4.78, 5) is 4.09. The molecule has 1 aromatic heterocycles. The Morgan fingerprint density at radius 2 is 1.81 bits per heavy atom. The van der Waals surface area contributed by atoms with Gasteiger partial charge in [-0.05, 0) is 57.4 Å². The number of nitrogens with one attached hydrogen (secondary N) is 1. The molecule has 1 heterocycles. The van der Waals surface area contributed by atoms with E-state index >= 15 is 0 Å². The fourth-order valence-corrected chi connectivity index (χ4v) is 3.21. The van der Waals surface area contributed by atoms with Gasteiger partial charge in [0, 0.05) is 31.0 Å². The standard InChI is InChI=1S/C21H20BrFN2O2/c1-26-20-10-17(13-25-11-15-4-6-18(23)7-5-15)9-19(22)21(20)27-14-16-3-2-8-24-12-16/h2-10,12,25H,11,13-14H2,1H3. The fourth-order valence-electron chi connectivity index (χ4n) is 2.61. The maximum Gasteiger partial charge on any atom is 0.175 e. The summed E-state index contributed by atoms with van der Waals surface area (Å²) in [5.41, 5.74) is 3.06. The summed E-state index contributed by atoms with van der Waals surface area (Å²) in [7, 11) is 1.62. The average molecular weight is 431 g/mol. The molecular weight excluding hydrogens is 411 g/mol. The van der Waals surface area contributed by atoms with E-state index in [1.807, 2.05) is 24.3 Å². The van der Waals surface area contributed by atoms with Crippen molar-refractivity contribution < 1.29 is 13.9 Å². The summed E-state index contributed by atoms with van der Waals surface area (Å²) in [5, 5.41) is 3.35. The molecule has 6 heteroatoms. The quantitative estimate of drug-likeness (QED) is 0.553. The van der Waals surface area contributed by atoms with Gasteiger partial charge in [0.05, 0.1) is 11.6 Å². The zero-order valence-electron chi connectivity index (χ0n) is 14.9. The van der Waals surface area contributed by atoms with Crippen LogP contribution in [0.3, 0.4) is 0 Å². The molecule has 0 unspecified atom stereocenters. The highest BCUT2D eigenvalue weighted by Gasteiger charge is 2.12. The maximum atomic E-state index is 13.0. The van der Waals surface area contributed by atoms with Gasteiger partial charge in [0.2, 0.25) is 0 Å². The van der Waals surface area contributed by atoms with E-state index in [1.165, 1.54) is 12.1 Å². The van der Waals surface area contributed by atoms with Crippen LogP contribution in [0.4, 0.5) is 4.39 Å². The van der Waals surface area contributed by atoms with Gasteiger partial charge in [0.15, 0.2) is 11.5 Å². The minimum absolute atomic E-state index is 0.228. The van der Waals surface area contributed by atoms with Crippen LogP contribution >= 0.6 is 15.9 Å². The molecule has 0 radical (unpaired) electrons. The van der Waals surface area contributed by atoms with E-state index in [4.69, 9.17) is 9.47 Å². The van der Waals surface area contributed by atoms with Gasteiger partial charge >= 0.3 is 0 Å². The van der Waals surface area contributed by atoms with E-state index in [-0.39, 0.29) is 5.82 Å². The molecule has 2 aromatic carbocycles. The number of hydrogen-bond donors (Lipinski definition) is 1. The Bertz CT molecular complexity index is 873. The SMILES string of the molecule is COc1cc(CNCc2ccc(F)cc2)cc(Br)c1OCc1cccnc1. The van der Waals surface area contributed by atoms with Gasteiger partial charge in [0.25, 0.3) is 0 Å². The predicted molar refractivity (Wildman–Crippen MR) is 106 cm³/mol. The first-order valence-corrected chi connectivity index (χ1v) is 9.28. The molecule has 0 spiro atoms. The van der Waals surface area contributed by atoms with Crippen LogP contribution in [0.25, 0.3) is 0 Å². The van der Waals surface area contributed by atoms with Crippen LogP contribution < -0.4 is 14.8 Å². The maximum absolute atomic E-state index is 13.0. The lowest BCUT2D eigenvalue weighted by atomic mass is 10.2. The van der Waals surface area contributed by atoms with Gasteiger partial charge in [-0.15, -0.1) is 0 Å². The Hall–Kier alpha value is -2.44. The molecule has 0 aliphatic carbocycles. The summed E-state index contributed by atoms with van der Waals surface area (Å²) >= 11 is 3.57. The number of ether oxygens (including phenoxy) is 2. The lowest BCUT2D eigenvalue weighted by Crippen LogP contribution is -2.13. The van der Waals surface area contributed by atoms with Crippen molar-refractivity contribution in [3.63, 3.8) is 0 Å². The van der Waals surface area contributed by atoms with E-state index in [9.17, 15) is 4.39 Å². The predicted octanol–water partition coefficient (Wildman–Crippen LogP) is 4.86. The zero-order valence-corrected chi connectivity index (χ0v) is 16.5. The molecule has 0 fully saturated rings. The largest absolute Gasteiger partial charge is 0.493 e. The van der Waals surface area contributed by atoms with E-state index in [0.29, 0.717) is 31.2 Å². The minimum Gasteiger partial charge on any atom is -0.493 e. The number of methoxy groups -OCH3 is 1. The number of benzene rings is 2. The molecule has 0 atom stereocenters. The van der Waals surface area contributed by atoms with Gasteiger partial charge in [-0.2, -0.15) is 0 Å². The Morgan fingerprint density at radius 1 is 1.04 bits per heavy atom. The van der Waals surface area contributed by atoms with Crippen molar-refractivity contribution in [2.75, 3.05) is 7.11 Å². The molecule has 0 saturated carbocycles. The summed E-state index contributed by atoms with van der Waals surface area (Å²) in [6, 6.07) is 14.3. The first-order chi connectivity index (χ1) is 13.2. The highest BCUT2D eigenvalue weighted by Crippen LogP contribution is 2.37. The second kappa shape index (κ2) is 9.48. The topological polar surface area (TPSA) is 43.4 Å². The van der Waals surface area contributed by atoms with Crippen molar-refractivity contribution in [3.8, 4) is 11.5 Å². The molecule has 3 aromatic rings. The van der Waals surface area contributed by atoms with Crippen molar-refractivity contribution >= 4 is 15.9 Å². The lowest BCUT2D eigenvalue weighted by Gasteiger charge is -2.15. The summed E-state index contributed by atoms with van der Waals surface area (Å²) in [6.45, 7) is 1.71. The smallest absolute Gasteiger partial charge is 0.175 e. The molecular formula is C21H20BrFN2O2. The monoisotopic (exact) mass is 430 g/mol. The van der Waals surface area contributed by atoms with Crippen molar-refractivity contribution in [1.82, 2.24) is 10.3 Å². The number of halogens is 2. The van der Waals surface area contributed by atoms with E-state index in [1.54, 1.807) is 31.6 Å². The van der Waals surface area contributed by atoms with Crippen molar-refractivity contribution in [2.24, 2.45) is 0 Å². The number of rotatable bonds is 8. The number of aromatic nitrogens is 1. The molecule has 0 bridgehead atoms. The first kappa shape index (κ1) is 19.3. The third kappa shape index (κ3) is 5.52. The highest BCUT2D eigenvalue weighted by molar-refractivity contribution is 9.10. The third-order valence-corrected chi connectivity index (χ3v) is 4.56. The van der Waals surface area contributed by atoms with Crippen LogP contribution in [-0.4, -0.2) is 12.1 Å². The number of nitrogens with zero attached hydrogens (tertiary/aromatic N) is 1. The molecule has 140 valence electrons. The molecule has 1 N–H and O–H groups in total. The van der Waals surface area contributed by atoms with Crippen LogP contribution in [0.15, 0.2) is 65.4 Å². The van der Waals surface area contributed by atoms with E-state index in [2.05, 4.69) is 26.2 Å². The average Bonchev–Trinajstić information content (AvgIpc) is 2.69. The van der Waals surface area contributed by atoms with Crippen molar-refractivity contribution in [2.45, 2.75) is 19.7 Å². The van der Waals surface area contributed by atoms with Crippen LogP contribution in [0, 0.1) is 5.82 Å². The first-order valence-electron chi connectivity index (χ1n) is 8.49. The van der Waals surface area contributed by atoms with Crippen molar-refractivity contribution in [1.29, 1.82) is 0 Å². The molecule has 4 nitrogen and oxygen atoms in total. The van der Waals surface area contributed by atoms with Gasteiger partial charge in [-0.1, -0.05) is 18.2 Å². The molecule has 0 amide bonds. The third-order valence-electron chi connectivity index (χ3n) is 3.97. The minimum atomic E-state index is -0.228. The van der Waals surface area contributed by atoms with Crippen LogP contribution in [-0.2, 0) is 19.7 Å². The summed E-state index contributed by atoms with van der Waals surface area (Å²) < 4.78 is 25.2. The molecule has 27 heavy (non-hydrogen) atoms. The van der Waals surface area contributed by atoms with Crippen LogP contribution in [0.5, 0.6) is 11.5 Å². The molecule has 3 rings (SSSR count). The van der Waals surface area contributed by atoms with E-state index < -0.39 is 0 Å². The van der Waals surface area contributed by atoms with Crippen LogP contribution in [0.1, 0.15) is 16.7 Å². The van der Waals surface area contributed by atoms with Gasteiger partial charge in [-0.25, -0.2) is 4.39 Å². The fraction of sp³-hybridized carbons (Fsp3) is 0.190. The van der Waals surface area contributed by atoms with Gasteiger partial charge < -0.3 is 14.8 Å². The lowest BCUT2D eigenvalue weighted by molar-refractivity contribution is 0.282. The number of pyridine rings is 1. The number of hydrogen-bond acceptors (Lipinski definition) is 4. The Balaban J connectivity index is 1.63. The van der Waals surface area contributed by atoms with Crippen molar-refractivity contribution in [3.05, 3.63) is 87.9 Å². The molecule has 0 aliphatic rings. The Kier molecular flexibility index (Phi) is 6.79. The van der Waals surface area contributed by atoms with Gasteiger partial charge in [0.1, 0.15) is 12.4 Å². The van der Waals surface area contributed by atoms with Gasteiger partial charge in [-0.3, -0.25) is 4.98 Å². The molecule has 0 saturated heterocycles. The highest BCUT2D eigenvalue weighted by atomic mass is 79.9. The Morgan fingerprint density at radius 3 is 2.52 bits per heavy atom. The zero-order chi connectivity index (χ0) is 19.1. The second-order valence-electron chi connectivity index (χ2n) is 5.99. The van der Waals surface area contributed by atoms with E-state index in [0.717, 1.165) is 21.2 Å². The van der Waals surface area contributed by atoms with Crippen LogP contribution in [0.2, 0.25) is 0 Å². The normalized spacial score (nSPS) is 10.6. The molecule has 0 aliphatic heterocycles.